The van der Waals surface area contributed by atoms with E-state index >= 15 is 0 Å². The predicted octanol–water partition coefficient (Wildman–Crippen LogP) is 6.06. The fraction of sp³-hybridized carbons (Fsp3) is 0.188. The van der Waals surface area contributed by atoms with E-state index in [-0.39, 0.29) is 6.61 Å². The molecule has 0 fully saturated rings. The third-order valence-electron chi connectivity index (χ3n) is 7.44. The van der Waals surface area contributed by atoms with Gasteiger partial charge in [-0.2, -0.15) is 5.10 Å². The number of fused-ring (bicyclic) bond motifs is 3. The van der Waals surface area contributed by atoms with Crippen LogP contribution in [0.1, 0.15) is 22.4 Å². The highest BCUT2D eigenvalue weighted by atomic mass is 16.5. The zero-order chi connectivity index (χ0) is 27.6. The van der Waals surface area contributed by atoms with Gasteiger partial charge >= 0.3 is 0 Å². The molecule has 0 spiro atoms. The SMILES string of the molecule is COc1ccc(CNc2nc3cc(-c4ccn[nH]4)ccc3c3c2c(C)c(CO)n3Cc2ccc(OC)cc2)cc1. The van der Waals surface area contributed by atoms with Crippen LogP contribution >= 0.6 is 0 Å². The molecule has 0 saturated heterocycles. The van der Waals surface area contributed by atoms with Crippen molar-refractivity contribution in [3.8, 4) is 22.8 Å². The Kier molecular flexibility index (Phi) is 6.84. The van der Waals surface area contributed by atoms with Crippen LogP contribution in [-0.4, -0.2) is 39.1 Å². The maximum absolute atomic E-state index is 10.5. The number of rotatable bonds is 9. The highest BCUT2D eigenvalue weighted by molar-refractivity contribution is 6.11. The van der Waals surface area contributed by atoms with Crippen LogP contribution in [-0.2, 0) is 19.7 Å². The van der Waals surface area contributed by atoms with Crippen molar-refractivity contribution in [1.82, 2.24) is 19.7 Å². The molecule has 6 rings (SSSR count). The first-order valence-corrected chi connectivity index (χ1v) is 13.2. The van der Waals surface area contributed by atoms with Gasteiger partial charge in [0, 0.05) is 41.3 Å². The number of hydrogen-bond acceptors (Lipinski definition) is 6. The van der Waals surface area contributed by atoms with Crippen LogP contribution in [0.4, 0.5) is 5.82 Å². The van der Waals surface area contributed by atoms with Crippen molar-refractivity contribution in [2.75, 3.05) is 19.5 Å². The Labute approximate surface area is 232 Å². The Morgan fingerprint density at radius 1 is 0.900 bits per heavy atom. The van der Waals surface area contributed by atoms with Crippen LogP contribution in [0.15, 0.2) is 79.0 Å². The van der Waals surface area contributed by atoms with Crippen LogP contribution in [0, 0.1) is 6.92 Å². The van der Waals surface area contributed by atoms with Gasteiger partial charge in [0.15, 0.2) is 0 Å². The molecule has 0 unspecified atom stereocenters. The normalized spacial score (nSPS) is 11.3. The Bertz CT molecular complexity index is 1770. The van der Waals surface area contributed by atoms with Crippen LogP contribution in [0.25, 0.3) is 33.1 Å². The molecule has 40 heavy (non-hydrogen) atoms. The molecular formula is C32H31N5O3. The van der Waals surface area contributed by atoms with Crippen molar-refractivity contribution in [2.24, 2.45) is 0 Å². The van der Waals surface area contributed by atoms with Gasteiger partial charge in [0.05, 0.1) is 37.6 Å². The van der Waals surface area contributed by atoms with E-state index in [2.05, 4.69) is 57.3 Å². The molecule has 8 heteroatoms. The number of anilines is 1. The van der Waals surface area contributed by atoms with E-state index in [4.69, 9.17) is 14.5 Å². The largest absolute Gasteiger partial charge is 0.497 e. The van der Waals surface area contributed by atoms with Gasteiger partial charge in [-0.25, -0.2) is 4.98 Å². The van der Waals surface area contributed by atoms with E-state index in [0.717, 1.165) is 72.8 Å². The number of H-pyrrole nitrogens is 1. The van der Waals surface area contributed by atoms with Gasteiger partial charge in [0.25, 0.3) is 0 Å². The number of aliphatic hydroxyl groups is 1. The van der Waals surface area contributed by atoms with Gasteiger partial charge in [0.2, 0.25) is 0 Å². The lowest BCUT2D eigenvalue weighted by atomic mass is 10.1. The number of pyridine rings is 1. The summed E-state index contributed by atoms with van der Waals surface area (Å²) in [6.45, 7) is 3.17. The zero-order valence-electron chi connectivity index (χ0n) is 22.7. The molecule has 0 atom stereocenters. The quantitative estimate of drug-likeness (QED) is 0.209. The number of aliphatic hydroxyl groups excluding tert-OH is 1. The first-order valence-electron chi connectivity index (χ1n) is 13.2. The van der Waals surface area contributed by atoms with E-state index in [1.807, 2.05) is 42.5 Å². The topological polar surface area (TPSA) is 97.2 Å². The summed E-state index contributed by atoms with van der Waals surface area (Å²) in [5.74, 6) is 2.41. The van der Waals surface area contributed by atoms with E-state index in [0.29, 0.717) is 13.1 Å². The molecule has 0 saturated carbocycles. The van der Waals surface area contributed by atoms with Crippen molar-refractivity contribution in [3.63, 3.8) is 0 Å². The molecule has 3 heterocycles. The third-order valence-corrected chi connectivity index (χ3v) is 7.44. The third kappa shape index (κ3) is 4.63. The smallest absolute Gasteiger partial charge is 0.136 e. The number of aryl methyl sites for hydroxylation is 1. The van der Waals surface area contributed by atoms with E-state index in [1.165, 1.54) is 0 Å². The first kappa shape index (κ1) is 25.5. The summed E-state index contributed by atoms with van der Waals surface area (Å²) in [5, 5.41) is 23.3. The minimum atomic E-state index is -0.0810. The molecule has 0 bridgehead atoms. The Hall–Kier alpha value is -4.82. The highest BCUT2D eigenvalue weighted by Gasteiger charge is 2.21. The van der Waals surface area contributed by atoms with Crippen molar-refractivity contribution in [3.05, 3.63) is 101 Å². The maximum Gasteiger partial charge on any atom is 0.136 e. The monoisotopic (exact) mass is 533 g/mol. The van der Waals surface area contributed by atoms with Crippen molar-refractivity contribution >= 4 is 27.6 Å². The number of methoxy groups -OCH3 is 2. The lowest BCUT2D eigenvalue weighted by Crippen LogP contribution is -2.06. The molecule has 0 aliphatic heterocycles. The molecule has 0 amide bonds. The molecule has 202 valence electrons. The summed E-state index contributed by atoms with van der Waals surface area (Å²) in [5.41, 5.74) is 7.92. The molecule has 6 aromatic rings. The number of hydrogen-bond donors (Lipinski definition) is 3. The second-order valence-corrected chi connectivity index (χ2v) is 9.75. The Balaban J connectivity index is 1.52. The lowest BCUT2D eigenvalue weighted by Gasteiger charge is -2.14. The summed E-state index contributed by atoms with van der Waals surface area (Å²) in [7, 11) is 3.33. The number of aromatic amines is 1. The standard InChI is InChI=1S/C32H31N5O3/c1-20-29(19-38)37(18-22-6-11-25(40-3)12-7-22)31-26-13-8-23(27-14-15-34-36-27)16-28(26)35-32(30(20)31)33-17-21-4-9-24(39-2)10-5-21/h4-16,38H,17-19H2,1-3H3,(H,33,35)(H,34,36). The van der Waals surface area contributed by atoms with Crippen molar-refractivity contribution in [1.29, 1.82) is 0 Å². The van der Waals surface area contributed by atoms with Crippen molar-refractivity contribution in [2.45, 2.75) is 26.6 Å². The Morgan fingerprint density at radius 3 is 2.23 bits per heavy atom. The summed E-state index contributed by atoms with van der Waals surface area (Å²) in [6, 6.07) is 24.3. The van der Waals surface area contributed by atoms with Gasteiger partial charge in [0.1, 0.15) is 17.3 Å². The number of ether oxygens (including phenoxy) is 2. The average Bonchev–Trinajstić information content (AvgIpc) is 3.63. The molecule has 8 nitrogen and oxygen atoms in total. The second-order valence-electron chi connectivity index (χ2n) is 9.75. The molecule has 0 radical (unpaired) electrons. The van der Waals surface area contributed by atoms with Gasteiger partial charge in [-0.1, -0.05) is 36.4 Å². The van der Waals surface area contributed by atoms with E-state index in [1.54, 1.807) is 20.4 Å². The van der Waals surface area contributed by atoms with E-state index < -0.39 is 0 Å². The zero-order valence-corrected chi connectivity index (χ0v) is 22.7. The first-order chi connectivity index (χ1) is 19.6. The summed E-state index contributed by atoms with van der Waals surface area (Å²) in [6.07, 6.45) is 1.74. The highest BCUT2D eigenvalue weighted by Crippen LogP contribution is 2.38. The molecular weight excluding hydrogens is 502 g/mol. The minimum absolute atomic E-state index is 0.0810. The lowest BCUT2D eigenvalue weighted by molar-refractivity contribution is 0.271. The summed E-state index contributed by atoms with van der Waals surface area (Å²) >= 11 is 0. The van der Waals surface area contributed by atoms with Crippen LogP contribution in [0.5, 0.6) is 11.5 Å². The van der Waals surface area contributed by atoms with Gasteiger partial charge in [-0.05, 0) is 60.0 Å². The van der Waals surface area contributed by atoms with Gasteiger partial charge in [-0.15, -0.1) is 0 Å². The summed E-state index contributed by atoms with van der Waals surface area (Å²) in [4.78, 5) is 5.12. The molecule has 3 aromatic carbocycles. The summed E-state index contributed by atoms with van der Waals surface area (Å²) < 4.78 is 12.9. The number of nitrogens with one attached hydrogen (secondary N) is 2. The predicted molar refractivity (Wildman–Crippen MR) is 158 cm³/mol. The number of benzene rings is 3. The molecule has 0 aliphatic carbocycles. The van der Waals surface area contributed by atoms with E-state index in [9.17, 15) is 5.11 Å². The van der Waals surface area contributed by atoms with Crippen LogP contribution < -0.4 is 14.8 Å². The fourth-order valence-corrected chi connectivity index (χ4v) is 5.30. The number of nitrogens with zero attached hydrogens (tertiary/aromatic N) is 3. The molecule has 3 N–H and O–H groups in total. The second kappa shape index (κ2) is 10.7. The van der Waals surface area contributed by atoms with Crippen LogP contribution in [0.2, 0.25) is 0 Å². The Morgan fingerprint density at radius 2 is 1.60 bits per heavy atom. The fourth-order valence-electron chi connectivity index (χ4n) is 5.30. The van der Waals surface area contributed by atoms with Crippen LogP contribution in [0.3, 0.4) is 0 Å². The van der Waals surface area contributed by atoms with Crippen molar-refractivity contribution < 1.29 is 14.6 Å². The molecule has 0 aliphatic rings. The van der Waals surface area contributed by atoms with Gasteiger partial charge < -0.3 is 24.5 Å². The molecule has 3 aromatic heterocycles. The van der Waals surface area contributed by atoms with Gasteiger partial charge in [-0.3, -0.25) is 5.10 Å². The average molecular weight is 534 g/mol. The maximum atomic E-state index is 10.5. The minimum Gasteiger partial charge on any atom is -0.497 e. The number of aromatic nitrogens is 4.